The highest BCUT2D eigenvalue weighted by molar-refractivity contribution is 6.26. The third-order valence-corrected chi connectivity index (χ3v) is 7.34. The molecule has 0 spiro atoms. The van der Waals surface area contributed by atoms with E-state index >= 15 is 4.39 Å². The van der Waals surface area contributed by atoms with Crippen LogP contribution in [0.15, 0.2) is 79.0 Å². The first-order valence-corrected chi connectivity index (χ1v) is 11.3. The van der Waals surface area contributed by atoms with Crippen LogP contribution in [-0.4, -0.2) is 4.40 Å². The molecule has 0 aliphatic rings. The van der Waals surface area contributed by atoms with Crippen molar-refractivity contribution in [2.75, 3.05) is 0 Å². The van der Waals surface area contributed by atoms with Gasteiger partial charge in [-0.25, -0.2) is 8.96 Å². The first kappa shape index (κ1) is 18.6. The number of pyridine rings is 2. The Balaban J connectivity index is 1.88. The molecule has 0 amide bonds. The van der Waals surface area contributed by atoms with Crippen LogP contribution in [0, 0.1) is 19.7 Å². The zero-order chi connectivity index (χ0) is 22.4. The first-order chi connectivity index (χ1) is 16.0. The van der Waals surface area contributed by atoms with Crippen LogP contribution < -0.4 is 4.57 Å². The Kier molecular flexibility index (Phi) is 3.54. The predicted molar refractivity (Wildman–Crippen MR) is 135 cm³/mol. The van der Waals surface area contributed by atoms with Gasteiger partial charge in [-0.15, -0.1) is 0 Å². The van der Waals surface area contributed by atoms with Gasteiger partial charge in [-0.1, -0.05) is 36.4 Å². The lowest BCUT2D eigenvalue weighted by Crippen LogP contribution is -2.29. The third kappa shape index (κ3) is 2.29. The molecule has 0 radical (unpaired) electrons. The second kappa shape index (κ2) is 6.29. The lowest BCUT2D eigenvalue weighted by atomic mass is 9.94. The largest absolute Gasteiger partial charge is 0.307 e. The van der Waals surface area contributed by atoms with Crippen LogP contribution in [0.1, 0.15) is 11.1 Å². The molecule has 0 saturated heterocycles. The molecule has 3 heteroatoms. The molecule has 33 heavy (non-hydrogen) atoms. The monoisotopic (exact) mass is 429 g/mol. The van der Waals surface area contributed by atoms with E-state index in [1.54, 1.807) is 6.07 Å². The van der Waals surface area contributed by atoms with Crippen LogP contribution in [0.3, 0.4) is 0 Å². The fourth-order valence-corrected chi connectivity index (χ4v) is 5.71. The Bertz CT molecular complexity index is 1890. The van der Waals surface area contributed by atoms with Crippen LogP contribution >= 0.6 is 0 Å². The van der Waals surface area contributed by atoms with E-state index in [0.717, 1.165) is 27.5 Å². The number of aryl methyl sites for hydroxylation is 3. The molecule has 2 nitrogen and oxygen atoms in total. The molecular weight excluding hydrogens is 407 g/mol. The fraction of sp³-hybridized carbons (Fsp3) is 0.100. The van der Waals surface area contributed by atoms with E-state index in [2.05, 4.69) is 84.6 Å². The summed E-state index contributed by atoms with van der Waals surface area (Å²) >= 11 is 0. The summed E-state index contributed by atoms with van der Waals surface area (Å²) in [4.78, 5) is 0. The van der Waals surface area contributed by atoms with Gasteiger partial charge >= 0.3 is 0 Å². The number of hydrogen-bond donors (Lipinski definition) is 0. The SMILES string of the molecule is Cc1cc2c3c(F)cccc3n3c4cc(-c5ccccc5)cc5cc[n+](C)c(c(c1C)c23)c54. The second-order valence-corrected chi connectivity index (χ2v) is 9.16. The van der Waals surface area contributed by atoms with Crippen molar-refractivity contribution in [3.8, 4) is 11.1 Å². The summed E-state index contributed by atoms with van der Waals surface area (Å²) in [7, 11) is 2.11. The number of nitrogens with zero attached hydrogens (tertiary/aromatic N) is 2. The number of aromatic nitrogens is 2. The van der Waals surface area contributed by atoms with Gasteiger partial charge in [-0.3, -0.25) is 0 Å². The van der Waals surface area contributed by atoms with Crippen molar-refractivity contribution in [1.29, 1.82) is 0 Å². The standard InChI is InChI=1S/C30H22FN2/c1-17-14-22-28-23(31)10-7-11-24(28)33-25-16-21(19-8-5-4-6-9-19)15-20-12-13-32(3)30(27(20)25)26(18(17)2)29(22)33/h4-16H,1-3H3/q+1. The minimum Gasteiger partial charge on any atom is -0.307 e. The van der Waals surface area contributed by atoms with Crippen molar-refractivity contribution < 1.29 is 8.96 Å². The van der Waals surface area contributed by atoms with Crippen LogP contribution in [0.5, 0.6) is 0 Å². The van der Waals surface area contributed by atoms with E-state index < -0.39 is 0 Å². The normalized spacial score (nSPS) is 12.2. The van der Waals surface area contributed by atoms with Crippen LogP contribution in [0.25, 0.3) is 60.1 Å². The van der Waals surface area contributed by atoms with Crippen molar-refractivity contribution in [1.82, 2.24) is 4.40 Å². The molecule has 7 rings (SSSR count). The molecule has 0 fully saturated rings. The fourth-order valence-electron chi connectivity index (χ4n) is 5.71. The minimum absolute atomic E-state index is 0.170. The number of fused-ring (bicyclic) bond motifs is 5. The maximum absolute atomic E-state index is 15.3. The van der Waals surface area contributed by atoms with Crippen LogP contribution in [0.4, 0.5) is 4.39 Å². The summed E-state index contributed by atoms with van der Waals surface area (Å²) in [5.41, 5.74) is 9.09. The zero-order valence-corrected chi connectivity index (χ0v) is 18.8. The van der Waals surface area contributed by atoms with Crippen molar-refractivity contribution in [3.63, 3.8) is 0 Å². The average molecular weight is 430 g/mol. The summed E-state index contributed by atoms with van der Waals surface area (Å²) in [6.45, 7) is 4.31. The molecule has 0 aliphatic carbocycles. The number of rotatable bonds is 1. The topological polar surface area (TPSA) is 8.29 Å². The van der Waals surface area contributed by atoms with E-state index in [1.807, 2.05) is 18.2 Å². The molecule has 158 valence electrons. The Morgan fingerprint density at radius 1 is 0.758 bits per heavy atom. The van der Waals surface area contributed by atoms with Crippen LogP contribution in [-0.2, 0) is 7.05 Å². The van der Waals surface area contributed by atoms with Gasteiger partial charge in [0.2, 0.25) is 5.52 Å². The summed E-state index contributed by atoms with van der Waals surface area (Å²) in [6, 6.07) is 24.8. The number of hydrogen-bond acceptors (Lipinski definition) is 0. The van der Waals surface area contributed by atoms with Gasteiger partial charge in [0.15, 0.2) is 6.20 Å². The van der Waals surface area contributed by atoms with E-state index in [9.17, 15) is 0 Å². The predicted octanol–water partition coefficient (Wildman–Crippen LogP) is 7.24. The van der Waals surface area contributed by atoms with E-state index in [4.69, 9.17) is 0 Å². The smallest absolute Gasteiger partial charge is 0.224 e. The molecular formula is C30H22FN2+. The van der Waals surface area contributed by atoms with E-state index in [1.165, 1.54) is 38.4 Å². The Labute approximate surface area is 190 Å². The Morgan fingerprint density at radius 2 is 1.58 bits per heavy atom. The Morgan fingerprint density at radius 3 is 2.39 bits per heavy atom. The van der Waals surface area contributed by atoms with Gasteiger partial charge in [-0.2, -0.15) is 0 Å². The van der Waals surface area contributed by atoms with E-state index in [0.29, 0.717) is 5.39 Å². The van der Waals surface area contributed by atoms with Crippen molar-refractivity contribution in [3.05, 3.63) is 95.9 Å². The zero-order valence-electron chi connectivity index (χ0n) is 18.8. The molecule has 3 aromatic heterocycles. The average Bonchev–Trinajstić information content (AvgIpc) is 3.16. The maximum Gasteiger partial charge on any atom is 0.224 e. The highest BCUT2D eigenvalue weighted by atomic mass is 19.1. The molecule has 0 unspecified atom stereocenters. The van der Waals surface area contributed by atoms with Gasteiger partial charge in [0.25, 0.3) is 0 Å². The van der Waals surface area contributed by atoms with Gasteiger partial charge in [-0.05, 0) is 71.8 Å². The highest BCUT2D eigenvalue weighted by Gasteiger charge is 2.26. The van der Waals surface area contributed by atoms with Crippen molar-refractivity contribution in [2.24, 2.45) is 7.05 Å². The molecule has 0 saturated carbocycles. The Hall–Kier alpha value is -3.98. The lowest BCUT2D eigenvalue weighted by molar-refractivity contribution is -0.643. The van der Waals surface area contributed by atoms with Crippen LogP contribution in [0.2, 0.25) is 0 Å². The first-order valence-electron chi connectivity index (χ1n) is 11.3. The summed E-state index contributed by atoms with van der Waals surface area (Å²) in [5.74, 6) is -0.170. The number of halogens is 1. The molecule has 4 aromatic carbocycles. The molecule has 0 atom stereocenters. The quantitative estimate of drug-likeness (QED) is 0.148. The molecule has 3 heterocycles. The van der Waals surface area contributed by atoms with E-state index in [-0.39, 0.29) is 5.82 Å². The maximum atomic E-state index is 15.3. The third-order valence-electron chi connectivity index (χ3n) is 7.34. The van der Waals surface area contributed by atoms with Gasteiger partial charge in [0.1, 0.15) is 12.9 Å². The minimum atomic E-state index is -0.170. The lowest BCUT2D eigenvalue weighted by Gasteiger charge is -2.15. The summed E-state index contributed by atoms with van der Waals surface area (Å²) in [5, 5.41) is 5.29. The van der Waals surface area contributed by atoms with Crippen molar-refractivity contribution >= 4 is 49.0 Å². The molecule has 7 aromatic rings. The number of benzene rings is 4. The second-order valence-electron chi connectivity index (χ2n) is 9.16. The highest BCUT2D eigenvalue weighted by Crippen LogP contribution is 2.43. The van der Waals surface area contributed by atoms with Crippen molar-refractivity contribution in [2.45, 2.75) is 13.8 Å². The summed E-state index contributed by atoms with van der Waals surface area (Å²) in [6.07, 6.45) is 2.14. The van der Waals surface area contributed by atoms with Gasteiger partial charge < -0.3 is 4.40 Å². The molecule has 0 aliphatic heterocycles. The molecule has 0 N–H and O–H groups in total. The summed E-state index contributed by atoms with van der Waals surface area (Å²) < 4.78 is 19.8. The molecule has 0 bridgehead atoms. The van der Waals surface area contributed by atoms with Gasteiger partial charge in [0, 0.05) is 16.8 Å². The van der Waals surface area contributed by atoms with Gasteiger partial charge in [0.05, 0.1) is 27.3 Å².